The van der Waals surface area contributed by atoms with Gasteiger partial charge >= 0.3 is 0 Å². The number of carbonyl (C=O) groups excluding carboxylic acids is 1. The van der Waals surface area contributed by atoms with Gasteiger partial charge in [0, 0.05) is 5.38 Å². The van der Waals surface area contributed by atoms with Crippen LogP contribution in [0.4, 0.5) is 0 Å². The molecule has 0 saturated carbocycles. The third kappa shape index (κ3) is 4.51. The van der Waals surface area contributed by atoms with Crippen LogP contribution in [0.1, 0.15) is 17.1 Å². The lowest BCUT2D eigenvalue weighted by molar-refractivity contribution is -0.122. The summed E-state index contributed by atoms with van der Waals surface area (Å²) in [6.45, 7) is 2.41. The molecule has 0 saturated heterocycles. The number of nitrogens with two attached hydrogens (primary N) is 1. The minimum atomic E-state index is -0.410. The first-order valence-corrected chi connectivity index (χ1v) is 7.34. The fourth-order valence-electron chi connectivity index (χ4n) is 1.17. The Morgan fingerprint density at radius 1 is 1.75 bits per heavy atom. The molecule has 16 heavy (non-hydrogen) atoms. The number of carbonyl (C=O) groups is 1. The molecule has 90 valence electrons. The van der Waals surface area contributed by atoms with Gasteiger partial charge in [0.15, 0.2) is 0 Å². The van der Waals surface area contributed by atoms with Crippen molar-refractivity contribution >= 4 is 29.0 Å². The first-order valence-electron chi connectivity index (χ1n) is 5.06. The average Bonchev–Trinajstić information content (AvgIpc) is 2.68. The maximum absolute atomic E-state index is 11.6. The van der Waals surface area contributed by atoms with E-state index < -0.39 is 6.04 Å². The highest BCUT2D eigenvalue weighted by molar-refractivity contribution is 7.98. The minimum absolute atomic E-state index is 0.0975. The van der Waals surface area contributed by atoms with Crippen molar-refractivity contribution < 1.29 is 4.79 Å². The van der Waals surface area contributed by atoms with E-state index in [1.807, 2.05) is 18.6 Å². The van der Waals surface area contributed by atoms with Crippen LogP contribution >= 0.6 is 23.1 Å². The van der Waals surface area contributed by atoms with Crippen LogP contribution < -0.4 is 11.1 Å². The second-order valence-electron chi connectivity index (χ2n) is 3.46. The van der Waals surface area contributed by atoms with Gasteiger partial charge in [0.2, 0.25) is 5.91 Å². The number of thiazole rings is 1. The van der Waals surface area contributed by atoms with Crippen molar-refractivity contribution in [3.05, 3.63) is 16.1 Å². The summed E-state index contributed by atoms with van der Waals surface area (Å²) in [5, 5.41) is 5.75. The van der Waals surface area contributed by atoms with E-state index in [1.54, 1.807) is 23.1 Å². The van der Waals surface area contributed by atoms with Gasteiger partial charge in [-0.25, -0.2) is 4.98 Å². The van der Waals surface area contributed by atoms with Crippen molar-refractivity contribution in [2.24, 2.45) is 5.73 Å². The third-order valence-electron chi connectivity index (χ3n) is 2.08. The van der Waals surface area contributed by atoms with Crippen LogP contribution in [-0.4, -0.2) is 28.9 Å². The molecule has 0 aliphatic rings. The van der Waals surface area contributed by atoms with Crippen LogP contribution in [0.3, 0.4) is 0 Å². The summed E-state index contributed by atoms with van der Waals surface area (Å²) in [7, 11) is 0. The van der Waals surface area contributed by atoms with Crippen LogP contribution in [0.25, 0.3) is 0 Å². The third-order valence-corrected chi connectivity index (χ3v) is 3.55. The summed E-state index contributed by atoms with van der Waals surface area (Å²) in [5.74, 6) is 0.810. The zero-order chi connectivity index (χ0) is 12.0. The number of nitrogens with zero attached hydrogens (tertiary/aromatic N) is 1. The van der Waals surface area contributed by atoms with Gasteiger partial charge in [-0.15, -0.1) is 11.3 Å². The largest absolute Gasteiger partial charge is 0.349 e. The Hall–Kier alpha value is -0.590. The molecule has 4 nitrogen and oxygen atoms in total. The SMILES string of the molecule is CSCC[C@H](N)C(=O)NCc1csc(C)n1. The molecule has 0 fully saturated rings. The quantitative estimate of drug-likeness (QED) is 0.804. The van der Waals surface area contributed by atoms with Crippen molar-refractivity contribution in [3.8, 4) is 0 Å². The number of hydrogen-bond acceptors (Lipinski definition) is 5. The number of aryl methyl sites for hydroxylation is 1. The van der Waals surface area contributed by atoms with Gasteiger partial charge in [0.25, 0.3) is 0 Å². The molecule has 0 aliphatic heterocycles. The molecule has 0 radical (unpaired) electrons. The predicted octanol–water partition coefficient (Wildman–Crippen LogP) is 1.15. The lowest BCUT2D eigenvalue weighted by atomic mass is 10.2. The number of hydrogen-bond donors (Lipinski definition) is 2. The molecular formula is C10H17N3OS2. The minimum Gasteiger partial charge on any atom is -0.349 e. The molecule has 0 spiro atoms. The van der Waals surface area contributed by atoms with Crippen LogP contribution in [0.15, 0.2) is 5.38 Å². The summed E-state index contributed by atoms with van der Waals surface area (Å²) in [6.07, 6.45) is 2.71. The van der Waals surface area contributed by atoms with Crippen LogP contribution in [-0.2, 0) is 11.3 Å². The zero-order valence-electron chi connectivity index (χ0n) is 9.53. The summed E-state index contributed by atoms with van der Waals surface area (Å²) in [4.78, 5) is 15.8. The molecule has 1 heterocycles. The Labute approximate surface area is 104 Å². The number of rotatable bonds is 6. The van der Waals surface area contributed by atoms with Gasteiger partial charge < -0.3 is 11.1 Å². The first kappa shape index (κ1) is 13.5. The van der Waals surface area contributed by atoms with E-state index in [0.717, 1.165) is 16.5 Å². The molecule has 0 aliphatic carbocycles. The summed E-state index contributed by atoms with van der Waals surface area (Å²) in [5.41, 5.74) is 6.63. The molecule has 1 rings (SSSR count). The maximum Gasteiger partial charge on any atom is 0.237 e. The monoisotopic (exact) mass is 259 g/mol. The van der Waals surface area contributed by atoms with Crippen molar-refractivity contribution in [2.45, 2.75) is 25.9 Å². The predicted molar refractivity (Wildman–Crippen MR) is 69.7 cm³/mol. The fourth-order valence-corrected chi connectivity index (χ4v) is 2.28. The molecule has 3 N–H and O–H groups in total. The smallest absolute Gasteiger partial charge is 0.237 e. The Morgan fingerprint density at radius 2 is 2.50 bits per heavy atom. The zero-order valence-corrected chi connectivity index (χ0v) is 11.2. The van der Waals surface area contributed by atoms with Crippen LogP contribution in [0, 0.1) is 6.92 Å². The number of amides is 1. The highest BCUT2D eigenvalue weighted by Gasteiger charge is 2.12. The molecule has 6 heteroatoms. The first-order chi connectivity index (χ1) is 7.63. The standard InChI is InChI=1S/C10H17N3OS2/c1-7-13-8(6-16-7)5-12-10(14)9(11)3-4-15-2/h6,9H,3-5,11H2,1-2H3,(H,12,14)/t9-/m0/s1. The van der Waals surface area contributed by atoms with E-state index in [1.165, 1.54) is 0 Å². The Balaban J connectivity index is 2.29. The molecule has 1 aromatic rings. The van der Waals surface area contributed by atoms with Crippen molar-refractivity contribution in [3.63, 3.8) is 0 Å². The highest BCUT2D eigenvalue weighted by atomic mass is 32.2. The molecule has 0 bridgehead atoms. The lowest BCUT2D eigenvalue weighted by Gasteiger charge is -2.10. The Bertz CT molecular complexity index is 341. The van der Waals surface area contributed by atoms with E-state index in [0.29, 0.717) is 13.0 Å². The van der Waals surface area contributed by atoms with Crippen molar-refractivity contribution in [2.75, 3.05) is 12.0 Å². The highest BCUT2D eigenvalue weighted by Crippen LogP contribution is 2.07. The fraction of sp³-hybridized carbons (Fsp3) is 0.600. The Morgan fingerprint density at radius 3 is 3.06 bits per heavy atom. The van der Waals surface area contributed by atoms with Crippen molar-refractivity contribution in [1.29, 1.82) is 0 Å². The topological polar surface area (TPSA) is 68.0 Å². The number of aromatic nitrogens is 1. The van der Waals surface area contributed by atoms with Crippen LogP contribution in [0.2, 0.25) is 0 Å². The molecule has 1 aromatic heterocycles. The van der Waals surface area contributed by atoms with Gasteiger partial charge in [0.1, 0.15) is 0 Å². The molecular weight excluding hydrogens is 242 g/mol. The van der Waals surface area contributed by atoms with E-state index in [4.69, 9.17) is 5.73 Å². The van der Waals surface area contributed by atoms with Gasteiger partial charge in [-0.1, -0.05) is 0 Å². The van der Waals surface area contributed by atoms with E-state index >= 15 is 0 Å². The second kappa shape index (κ2) is 6.88. The van der Waals surface area contributed by atoms with E-state index in [9.17, 15) is 4.79 Å². The van der Waals surface area contributed by atoms with Gasteiger partial charge in [-0.2, -0.15) is 11.8 Å². The Kier molecular flexibility index (Phi) is 5.79. The maximum atomic E-state index is 11.6. The molecule has 0 aromatic carbocycles. The van der Waals surface area contributed by atoms with Gasteiger partial charge in [-0.3, -0.25) is 4.79 Å². The van der Waals surface area contributed by atoms with Gasteiger partial charge in [-0.05, 0) is 25.4 Å². The van der Waals surface area contributed by atoms with Crippen LogP contribution in [0.5, 0.6) is 0 Å². The summed E-state index contributed by atoms with van der Waals surface area (Å²) >= 11 is 3.28. The average molecular weight is 259 g/mol. The summed E-state index contributed by atoms with van der Waals surface area (Å²) in [6, 6.07) is -0.410. The van der Waals surface area contributed by atoms with E-state index in [2.05, 4.69) is 10.3 Å². The van der Waals surface area contributed by atoms with Crippen molar-refractivity contribution in [1.82, 2.24) is 10.3 Å². The number of thioether (sulfide) groups is 1. The number of nitrogens with one attached hydrogen (secondary N) is 1. The van der Waals surface area contributed by atoms with E-state index in [-0.39, 0.29) is 5.91 Å². The van der Waals surface area contributed by atoms with Gasteiger partial charge in [0.05, 0.1) is 23.3 Å². The normalized spacial score (nSPS) is 12.4. The summed E-state index contributed by atoms with van der Waals surface area (Å²) < 4.78 is 0. The molecule has 0 unspecified atom stereocenters. The second-order valence-corrected chi connectivity index (χ2v) is 5.51. The lowest BCUT2D eigenvalue weighted by Crippen LogP contribution is -2.40. The molecule has 1 atom stereocenters. The molecule has 1 amide bonds.